The summed E-state index contributed by atoms with van der Waals surface area (Å²) in [6.45, 7) is 1.90. The largest absolute Gasteiger partial charge is 0.465 e. The summed E-state index contributed by atoms with van der Waals surface area (Å²) >= 11 is 0. The zero-order chi connectivity index (χ0) is 14.5. The molecule has 1 fully saturated rings. The van der Waals surface area contributed by atoms with E-state index >= 15 is 0 Å². The standard InChI is InChI=1S/C15H20N2O3.ClH/c1-17(13-7-9-16-10-8-13)14(18)11-3-5-12(6-4-11)15(19)20-2;/h3-6,13,16H,7-10H2,1-2H3;1H. The van der Waals surface area contributed by atoms with Crippen LogP contribution in [0, 0.1) is 0 Å². The number of rotatable bonds is 3. The van der Waals surface area contributed by atoms with Gasteiger partial charge in [0.2, 0.25) is 0 Å². The van der Waals surface area contributed by atoms with Gasteiger partial charge in [0.1, 0.15) is 0 Å². The second-order valence-electron chi connectivity index (χ2n) is 4.97. The van der Waals surface area contributed by atoms with Crippen molar-refractivity contribution < 1.29 is 14.3 Å². The molecular formula is C15H21ClN2O3. The Bertz CT molecular complexity index is 484. The van der Waals surface area contributed by atoms with Crippen molar-refractivity contribution in [2.24, 2.45) is 0 Å². The lowest BCUT2D eigenvalue weighted by atomic mass is 10.0. The average Bonchev–Trinajstić information content (AvgIpc) is 2.53. The van der Waals surface area contributed by atoms with Gasteiger partial charge in [0.25, 0.3) is 5.91 Å². The average molecular weight is 313 g/mol. The highest BCUT2D eigenvalue weighted by Gasteiger charge is 2.22. The lowest BCUT2D eigenvalue weighted by Gasteiger charge is -2.31. The molecule has 1 saturated heterocycles. The molecule has 1 aliphatic rings. The van der Waals surface area contributed by atoms with Crippen LogP contribution in [0.2, 0.25) is 0 Å². The minimum atomic E-state index is -0.393. The van der Waals surface area contributed by atoms with Crippen LogP contribution in [-0.4, -0.2) is 50.1 Å². The molecule has 1 N–H and O–H groups in total. The number of nitrogens with zero attached hydrogens (tertiary/aromatic N) is 1. The van der Waals surface area contributed by atoms with Gasteiger partial charge in [-0.3, -0.25) is 4.79 Å². The van der Waals surface area contributed by atoms with E-state index < -0.39 is 5.97 Å². The molecule has 1 amide bonds. The number of esters is 1. The summed E-state index contributed by atoms with van der Waals surface area (Å²) in [6.07, 6.45) is 1.95. The second kappa shape index (κ2) is 8.00. The number of halogens is 1. The Balaban J connectivity index is 0.00000220. The second-order valence-corrected chi connectivity index (χ2v) is 4.97. The van der Waals surface area contributed by atoms with Gasteiger partial charge in [-0.25, -0.2) is 4.79 Å². The van der Waals surface area contributed by atoms with Crippen molar-refractivity contribution in [2.45, 2.75) is 18.9 Å². The first-order valence-corrected chi connectivity index (χ1v) is 6.79. The number of benzene rings is 1. The molecule has 21 heavy (non-hydrogen) atoms. The fraction of sp³-hybridized carbons (Fsp3) is 0.467. The molecule has 0 unspecified atom stereocenters. The normalized spacial score (nSPS) is 15.0. The summed E-state index contributed by atoms with van der Waals surface area (Å²) in [5.74, 6) is -0.399. The minimum Gasteiger partial charge on any atom is -0.465 e. The van der Waals surface area contributed by atoms with Crippen LogP contribution in [0.4, 0.5) is 0 Å². The third-order valence-corrected chi connectivity index (χ3v) is 3.73. The minimum absolute atomic E-state index is 0. The predicted octanol–water partition coefficient (Wildman–Crippen LogP) is 1.72. The van der Waals surface area contributed by atoms with Crippen LogP contribution in [0.3, 0.4) is 0 Å². The van der Waals surface area contributed by atoms with E-state index in [4.69, 9.17) is 0 Å². The van der Waals surface area contributed by atoms with Crippen LogP contribution in [0.1, 0.15) is 33.6 Å². The van der Waals surface area contributed by atoms with Gasteiger partial charge in [0.05, 0.1) is 12.7 Å². The Morgan fingerprint density at radius 3 is 2.19 bits per heavy atom. The van der Waals surface area contributed by atoms with Crippen molar-refractivity contribution in [2.75, 3.05) is 27.2 Å². The van der Waals surface area contributed by atoms with E-state index in [2.05, 4.69) is 10.1 Å². The van der Waals surface area contributed by atoms with E-state index in [-0.39, 0.29) is 24.4 Å². The van der Waals surface area contributed by atoms with Gasteiger partial charge in [-0.15, -0.1) is 12.4 Å². The molecule has 2 rings (SSSR count). The molecule has 5 nitrogen and oxygen atoms in total. The maximum atomic E-state index is 12.4. The lowest BCUT2D eigenvalue weighted by molar-refractivity contribution is 0.0599. The molecule has 116 valence electrons. The third-order valence-electron chi connectivity index (χ3n) is 3.73. The number of piperidine rings is 1. The maximum absolute atomic E-state index is 12.4. The van der Waals surface area contributed by atoms with Crippen LogP contribution in [0.25, 0.3) is 0 Å². The van der Waals surface area contributed by atoms with Crippen molar-refractivity contribution in [1.82, 2.24) is 10.2 Å². The topological polar surface area (TPSA) is 58.6 Å². The van der Waals surface area contributed by atoms with Crippen LogP contribution in [-0.2, 0) is 4.74 Å². The number of methoxy groups -OCH3 is 1. The van der Waals surface area contributed by atoms with Gasteiger partial charge >= 0.3 is 5.97 Å². The van der Waals surface area contributed by atoms with Crippen LogP contribution < -0.4 is 5.32 Å². The molecule has 0 aliphatic carbocycles. The Morgan fingerprint density at radius 1 is 1.14 bits per heavy atom. The van der Waals surface area contributed by atoms with Gasteiger partial charge in [0.15, 0.2) is 0 Å². The Morgan fingerprint density at radius 2 is 1.67 bits per heavy atom. The number of amides is 1. The molecule has 1 aromatic rings. The van der Waals surface area contributed by atoms with E-state index in [1.165, 1.54) is 7.11 Å². The summed E-state index contributed by atoms with van der Waals surface area (Å²) in [7, 11) is 3.18. The fourth-order valence-electron chi connectivity index (χ4n) is 2.43. The molecule has 1 aliphatic heterocycles. The summed E-state index contributed by atoms with van der Waals surface area (Å²) in [6, 6.07) is 6.87. The SMILES string of the molecule is COC(=O)c1ccc(C(=O)N(C)C2CCNCC2)cc1.Cl. The molecule has 0 bridgehead atoms. The molecule has 0 aromatic heterocycles. The van der Waals surface area contributed by atoms with Crippen LogP contribution >= 0.6 is 12.4 Å². The first-order chi connectivity index (χ1) is 9.63. The quantitative estimate of drug-likeness (QED) is 0.863. The highest BCUT2D eigenvalue weighted by atomic mass is 35.5. The van der Waals surface area contributed by atoms with E-state index in [0.29, 0.717) is 11.1 Å². The summed E-state index contributed by atoms with van der Waals surface area (Å²) in [5.41, 5.74) is 1.05. The smallest absolute Gasteiger partial charge is 0.337 e. The molecule has 1 heterocycles. The molecular weight excluding hydrogens is 292 g/mol. The Labute approximate surface area is 131 Å². The van der Waals surface area contributed by atoms with Crippen molar-refractivity contribution in [3.8, 4) is 0 Å². The molecule has 6 heteroatoms. The summed E-state index contributed by atoms with van der Waals surface area (Å²) in [4.78, 5) is 25.5. The predicted molar refractivity (Wildman–Crippen MR) is 83.0 cm³/mol. The zero-order valence-corrected chi connectivity index (χ0v) is 13.1. The van der Waals surface area contributed by atoms with Gasteiger partial charge in [-0.2, -0.15) is 0 Å². The monoisotopic (exact) mass is 312 g/mol. The first-order valence-electron chi connectivity index (χ1n) is 6.79. The van der Waals surface area contributed by atoms with E-state index in [0.717, 1.165) is 25.9 Å². The third kappa shape index (κ3) is 4.19. The Hall–Kier alpha value is -1.59. The number of hydrogen-bond acceptors (Lipinski definition) is 4. The van der Waals surface area contributed by atoms with Crippen molar-refractivity contribution >= 4 is 24.3 Å². The van der Waals surface area contributed by atoms with Crippen LogP contribution in [0.5, 0.6) is 0 Å². The molecule has 0 atom stereocenters. The molecule has 0 saturated carbocycles. The molecule has 0 spiro atoms. The number of nitrogens with one attached hydrogen (secondary N) is 1. The number of carbonyl (C=O) groups is 2. The van der Waals surface area contributed by atoms with E-state index in [1.807, 2.05) is 7.05 Å². The van der Waals surface area contributed by atoms with Gasteiger partial charge in [-0.05, 0) is 50.2 Å². The fourth-order valence-corrected chi connectivity index (χ4v) is 2.43. The molecule has 1 aromatic carbocycles. The zero-order valence-electron chi connectivity index (χ0n) is 12.3. The highest BCUT2D eigenvalue weighted by molar-refractivity contribution is 5.96. The number of ether oxygens (including phenoxy) is 1. The maximum Gasteiger partial charge on any atom is 0.337 e. The van der Waals surface area contributed by atoms with Gasteiger partial charge < -0.3 is 15.0 Å². The number of carbonyl (C=O) groups excluding carboxylic acids is 2. The molecule has 0 radical (unpaired) electrons. The van der Waals surface area contributed by atoms with Gasteiger partial charge in [-0.1, -0.05) is 0 Å². The first kappa shape index (κ1) is 17.5. The van der Waals surface area contributed by atoms with E-state index in [1.54, 1.807) is 29.2 Å². The van der Waals surface area contributed by atoms with Crippen LogP contribution in [0.15, 0.2) is 24.3 Å². The Kier molecular flexibility index (Phi) is 6.65. The summed E-state index contributed by atoms with van der Waals surface area (Å²) < 4.78 is 4.64. The van der Waals surface area contributed by atoms with Crippen molar-refractivity contribution in [3.63, 3.8) is 0 Å². The highest BCUT2D eigenvalue weighted by Crippen LogP contribution is 2.14. The van der Waals surface area contributed by atoms with Gasteiger partial charge in [0, 0.05) is 18.7 Å². The summed E-state index contributed by atoms with van der Waals surface area (Å²) in [5, 5.41) is 3.29. The lowest BCUT2D eigenvalue weighted by Crippen LogP contribution is -2.43. The van der Waals surface area contributed by atoms with Crippen molar-refractivity contribution in [1.29, 1.82) is 0 Å². The van der Waals surface area contributed by atoms with Crippen molar-refractivity contribution in [3.05, 3.63) is 35.4 Å². The van der Waals surface area contributed by atoms with E-state index in [9.17, 15) is 9.59 Å². The number of hydrogen-bond donors (Lipinski definition) is 1.